The molecular weight excluding hydrogens is 707 g/mol. The molecular formula is C40H61N5O8Si. The summed E-state index contributed by atoms with van der Waals surface area (Å²) in [6.07, 6.45) is 0.456. The highest BCUT2D eigenvalue weighted by atomic mass is 28.4. The molecule has 14 heteroatoms. The lowest BCUT2D eigenvalue weighted by Crippen LogP contribution is -2.60. The second-order valence-electron chi connectivity index (χ2n) is 15.2. The van der Waals surface area contributed by atoms with Gasteiger partial charge >= 0.3 is 0 Å². The van der Waals surface area contributed by atoms with Crippen molar-refractivity contribution < 1.29 is 38.3 Å². The number of ether oxygens (including phenoxy) is 5. The molecule has 4 N–H and O–H groups in total. The topological polar surface area (TPSA) is 137 Å². The van der Waals surface area contributed by atoms with E-state index in [1.165, 1.54) is 14.2 Å². The number of hydrogen-bond acceptors (Lipinski definition) is 11. The molecule has 0 aromatic heterocycles. The van der Waals surface area contributed by atoms with Gasteiger partial charge in [0, 0.05) is 54.4 Å². The first-order chi connectivity index (χ1) is 25.6. The summed E-state index contributed by atoms with van der Waals surface area (Å²) in [5.41, 5.74) is 11.3. The van der Waals surface area contributed by atoms with Crippen LogP contribution in [0.1, 0.15) is 68.0 Å². The van der Waals surface area contributed by atoms with Crippen LogP contribution in [0.15, 0.2) is 6.07 Å². The maximum absolute atomic E-state index is 11.9. The Morgan fingerprint density at radius 3 is 2.13 bits per heavy atom. The zero-order valence-electron chi connectivity index (χ0n) is 34.0. The van der Waals surface area contributed by atoms with Crippen LogP contribution in [-0.2, 0) is 22.0 Å². The van der Waals surface area contributed by atoms with E-state index >= 15 is 0 Å². The standard InChI is InChI=1S/C40H61N5O8Si/c1-23(2)54(13,24(3)4)53-16-14-28-21-44(15-17-52-28)40(43-8)31-20-29-33(35(47)39(51-12)26(6)37(29)49-10)34(45(31)22-42-7)30(41)18-27-19-32(46)38(50-11)25(5)36(27)48-9/h19,23-24,28,30-31,34,40,46-47H,14-18,20-22,41H2,1-6,9-13H3/t28-,30?,31?,34?,40?/m0/s1. The third-order valence-corrected chi connectivity index (χ3v) is 17.2. The van der Waals surface area contributed by atoms with E-state index < -0.39 is 32.6 Å². The van der Waals surface area contributed by atoms with Gasteiger partial charge in [0.15, 0.2) is 31.3 Å². The highest BCUT2D eigenvalue weighted by molar-refractivity contribution is 6.75. The molecule has 0 bridgehead atoms. The van der Waals surface area contributed by atoms with Crippen molar-refractivity contribution in [2.24, 2.45) is 5.73 Å². The lowest BCUT2D eigenvalue weighted by molar-refractivity contribution is -0.0608. The van der Waals surface area contributed by atoms with Crippen molar-refractivity contribution in [3.05, 3.63) is 56.7 Å². The number of rotatable bonds is 16. The Hall–Kier alpha value is -3.76. The summed E-state index contributed by atoms with van der Waals surface area (Å²) in [5.74, 6) is 1.48. The van der Waals surface area contributed by atoms with Crippen LogP contribution in [-0.4, -0.2) is 114 Å². The molecule has 1 fully saturated rings. The van der Waals surface area contributed by atoms with Gasteiger partial charge in [-0.15, -0.1) is 0 Å². The van der Waals surface area contributed by atoms with Gasteiger partial charge < -0.3 is 44.1 Å². The summed E-state index contributed by atoms with van der Waals surface area (Å²) in [6.45, 7) is 33.6. The van der Waals surface area contributed by atoms with Crippen LogP contribution in [0.2, 0.25) is 17.6 Å². The first kappa shape index (κ1) is 43.0. The Kier molecular flexibility index (Phi) is 14.5. The highest BCUT2D eigenvalue weighted by Gasteiger charge is 2.50. The lowest BCUT2D eigenvalue weighted by Gasteiger charge is -2.46. The van der Waals surface area contributed by atoms with Gasteiger partial charge in [-0.2, -0.15) is 0 Å². The van der Waals surface area contributed by atoms with Gasteiger partial charge in [0.2, 0.25) is 0 Å². The lowest BCUT2D eigenvalue weighted by atomic mass is 9.80. The summed E-state index contributed by atoms with van der Waals surface area (Å²) >= 11 is 0. The second-order valence-corrected chi connectivity index (χ2v) is 20.2. The van der Waals surface area contributed by atoms with Crippen molar-refractivity contribution in [1.29, 1.82) is 0 Å². The molecule has 0 aliphatic carbocycles. The average Bonchev–Trinajstić information content (AvgIpc) is 3.12. The number of hydrogen-bond donors (Lipinski definition) is 3. The van der Waals surface area contributed by atoms with Gasteiger partial charge in [0.05, 0.1) is 47.2 Å². The SMILES string of the molecule is [C-]#[N+]CN1C(C([N+]#[C-])N2CCO[C@@H](CCO[Si](C)(C(C)C)C(C)C)C2)Cc2c(OC)c(C)c(OC)c(O)c2C1C(N)Cc1cc(O)c(OC)c(C)c1OC. The molecule has 4 rings (SSSR count). The number of nitrogens with two attached hydrogens (primary N) is 1. The van der Waals surface area contributed by atoms with Crippen molar-refractivity contribution in [2.75, 3.05) is 61.4 Å². The quantitative estimate of drug-likeness (QED) is 0.133. The second kappa shape index (κ2) is 18.2. The summed E-state index contributed by atoms with van der Waals surface area (Å²) in [6, 6.07) is -0.427. The first-order valence-electron chi connectivity index (χ1n) is 18.8. The third-order valence-electron chi connectivity index (χ3n) is 11.8. The molecule has 298 valence electrons. The summed E-state index contributed by atoms with van der Waals surface area (Å²) in [4.78, 5) is 12.2. The zero-order chi connectivity index (χ0) is 40.1. The zero-order valence-corrected chi connectivity index (χ0v) is 35.0. The molecule has 2 aliphatic rings. The molecule has 2 aromatic rings. The Bertz CT molecular complexity index is 1700. The molecule has 13 nitrogen and oxygen atoms in total. The van der Waals surface area contributed by atoms with E-state index in [2.05, 4.69) is 48.8 Å². The number of aromatic hydroxyl groups is 2. The minimum Gasteiger partial charge on any atom is -0.504 e. The van der Waals surface area contributed by atoms with Crippen molar-refractivity contribution in [2.45, 2.75) is 109 Å². The van der Waals surface area contributed by atoms with Gasteiger partial charge in [-0.25, -0.2) is 22.9 Å². The Morgan fingerprint density at radius 1 is 0.963 bits per heavy atom. The van der Waals surface area contributed by atoms with Crippen LogP contribution in [0.3, 0.4) is 0 Å². The summed E-state index contributed by atoms with van der Waals surface area (Å²) in [5, 5.41) is 22.8. The van der Waals surface area contributed by atoms with Crippen LogP contribution in [0, 0.1) is 27.0 Å². The monoisotopic (exact) mass is 767 g/mol. The maximum Gasteiger partial charge on any atom is 0.295 e. The molecule has 1 saturated heterocycles. The van der Waals surface area contributed by atoms with E-state index in [1.54, 1.807) is 27.2 Å². The largest absolute Gasteiger partial charge is 0.504 e. The fourth-order valence-corrected chi connectivity index (χ4v) is 11.1. The highest BCUT2D eigenvalue weighted by Crippen LogP contribution is 2.52. The normalized spacial score (nSPS) is 20.6. The van der Waals surface area contributed by atoms with E-state index in [0.717, 1.165) is 5.56 Å². The Morgan fingerprint density at radius 2 is 1.57 bits per heavy atom. The van der Waals surface area contributed by atoms with Gasteiger partial charge in [-0.05, 0) is 55.9 Å². The third kappa shape index (κ3) is 8.25. The maximum atomic E-state index is 11.9. The molecule has 0 saturated carbocycles. The molecule has 54 heavy (non-hydrogen) atoms. The van der Waals surface area contributed by atoms with Gasteiger partial charge in [0.1, 0.15) is 17.5 Å². The van der Waals surface area contributed by atoms with Crippen LogP contribution >= 0.6 is 0 Å². The van der Waals surface area contributed by atoms with Crippen molar-refractivity contribution in [1.82, 2.24) is 9.80 Å². The minimum atomic E-state index is -1.94. The molecule has 0 radical (unpaired) electrons. The first-order valence-corrected chi connectivity index (χ1v) is 21.3. The van der Waals surface area contributed by atoms with Gasteiger partial charge in [-0.1, -0.05) is 27.7 Å². The van der Waals surface area contributed by atoms with Crippen molar-refractivity contribution in [3.63, 3.8) is 0 Å². The molecule has 2 heterocycles. The number of nitrogens with zero attached hydrogens (tertiary/aromatic N) is 4. The molecule has 0 amide bonds. The number of phenolic OH excluding ortho intramolecular Hbond substituents is 2. The Labute approximate surface area is 323 Å². The molecule has 4 unspecified atom stereocenters. The van der Waals surface area contributed by atoms with Crippen molar-refractivity contribution >= 4 is 8.32 Å². The van der Waals surface area contributed by atoms with E-state index in [4.69, 9.17) is 47.0 Å². The van der Waals surface area contributed by atoms with E-state index in [9.17, 15) is 10.2 Å². The van der Waals surface area contributed by atoms with Crippen LogP contribution in [0.4, 0.5) is 0 Å². The van der Waals surface area contributed by atoms with Crippen LogP contribution < -0.4 is 24.7 Å². The Balaban J connectivity index is 1.78. The van der Waals surface area contributed by atoms with Gasteiger partial charge in [0.25, 0.3) is 12.8 Å². The number of benzene rings is 2. The predicted molar refractivity (Wildman–Crippen MR) is 211 cm³/mol. The van der Waals surface area contributed by atoms with Crippen LogP contribution in [0.5, 0.6) is 34.5 Å². The molecule has 0 spiro atoms. The smallest absolute Gasteiger partial charge is 0.295 e. The summed E-state index contributed by atoms with van der Waals surface area (Å²) in [7, 11) is 4.16. The molecule has 2 aliphatic heterocycles. The predicted octanol–water partition coefficient (Wildman–Crippen LogP) is 6.21. The van der Waals surface area contributed by atoms with Gasteiger partial charge in [-0.3, -0.25) is 9.69 Å². The number of phenols is 2. The number of fused-ring (bicyclic) bond motifs is 1. The van der Waals surface area contributed by atoms with E-state index in [1.807, 2.05) is 11.8 Å². The van der Waals surface area contributed by atoms with E-state index in [0.29, 0.717) is 89.7 Å². The number of morpholine rings is 1. The van der Waals surface area contributed by atoms with Crippen molar-refractivity contribution in [3.8, 4) is 34.5 Å². The number of methoxy groups -OCH3 is 4. The average molecular weight is 768 g/mol. The summed E-state index contributed by atoms with van der Waals surface area (Å²) < 4.78 is 35.8. The van der Waals surface area contributed by atoms with Crippen LogP contribution in [0.25, 0.3) is 9.69 Å². The minimum absolute atomic E-state index is 0.0551. The van der Waals surface area contributed by atoms with E-state index in [-0.39, 0.29) is 36.4 Å². The fourth-order valence-electron chi connectivity index (χ4n) is 8.52. The molecule has 2 aromatic carbocycles. The molecule has 5 atom stereocenters. The fraction of sp³-hybridized carbons (Fsp3) is 0.650.